The Balaban J connectivity index is 1.47. The van der Waals surface area contributed by atoms with E-state index in [1.54, 1.807) is 12.5 Å². The zero-order chi connectivity index (χ0) is 24.4. The van der Waals surface area contributed by atoms with Crippen molar-refractivity contribution in [2.45, 2.75) is 32.9 Å². The van der Waals surface area contributed by atoms with Crippen LogP contribution in [0.5, 0.6) is 5.75 Å². The van der Waals surface area contributed by atoms with Crippen LogP contribution in [-0.4, -0.2) is 51.2 Å². The number of halogens is 1. The van der Waals surface area contributed by atoms with Crippen molar-refractivity contribution in [1.82, 2.24) is 19.0 Å². The third-order valence-electron chi connectivity index (χ3n) is 6.46. The lowest BCUT2D eigenvalue weighted by Gasteiger charge is -2.15. The van der Waals surface area contributed by atoms with Crippen LogP contribution in [0.2, 0.25) is 5.02 Å². The Bertz CT molecular complexity index is 1430. The number of allylic oxidation sites excluding steroid dienone is 1. The number of imidazole rings is 1. The van der Waals surface area contributed by atoms with Gasteiger partial charge in [-0.3, -0.25) is 9.79 Å². The second-order valence-electron chi connectivity index (χ2n) is 8.92. The Morgan fingerprint density at radius 1 is 1.14 bits per heavy atom. The first kappa shape index (κ1) is 23.3. The van der Waals surface area contributed by atoms with Gasteiger partial charge in [0.2, 0.25) is 0 Å². The van der Waals surface area contributed by atoms with Gasteiger partial charge in [0.25, 0.3) is 0 Å². The molecule has 0 spiro atoms. The quantitative estimate of drug-likeness (QED) is 0.175. The molecule has 1 aliphatic rings. The highest BCUT2D eigenvalue weighted by Gasteiger charge is 2.19. The summed E-state index contributed by atoms with van der Waals surface area (Å²) < 4.78 is 9.95. The minimum Gasteiger partial charge on any atom is -0.460 e. The topological polar surface area (TPSA) is 64.6 Å². The number of fused-ring (bicyclic) bond motifs is 2. The number of hydrogen-bond donors (Lipinski definition) is 0. The van der Waals surface area contributed by atoms with Crippen molar-refractivity contribution in [2.75, 3.05) is 19.6 Å². The fourth-order valence-electron chi connectivity index (χ4n) is 4.74. The molecule has 0 amide bonds. The van der Waals surface area contributed by atoms with E-state index in [1.807, 2.05) is 54.1 Å². The van der Waals surface area contributed by atoms with Crippen LogP contribution in [0, 0.1) is 0 Å². The average Bonchev–Trinajstić information content (AvgIpc) is 3.57. The van der Waals surface area contributed by atoms with E-state index in [-0.39, 0.29) is 12.3 Å². The van der Waals surface area contributed by atoms with Crippen molar-refractivity contribution in [3.8, 4) is 5.75 Å². The first-order valence-corrected chi connectivity index (χ1v) is 12.2. The van der Waals surface area contributed by atoms with Gasteiger partial charge in [-0.15, -0.1) is 0 Å². The Hall–Kier alpha value is -3.42. The maximum atomic E-state index is 13.5. The number of rotatable bonds is 9. The van der Waals surface area contributed by atoms with E-state index >= 15 is 0 Å². The first-order chi connectivity index (χ1) is 17.0. The van der Waals surface area contributed by atoms with Crippen LogP contribution in [0.25, 0.3) is 21.9 Å². The summed E-state index contributed by atoms with van der Waals surface area (Å²) in [6.45, 7) is 9.55. The number of carbonyl (C=O) groups is 1. The van der Waals surface area contributed by atoms with Gasteiger partial charge in [0.1, 0.15) is 11.5 Å². The zero-order valence-electron chi connectivity index (χ0n) is 19.8. The van der Waals surface area contributed by atoms with Gasteiger partial charge in [-0.25, -0.2) is 4.98 Å². The smallest absolute Gasteiger partial charge is 0.184 e. The van der Waals surface area contributed by atoms with Crippen LogP contribution in [0.3, 0.4) is 0 Å². The number of ketones is 1. The third-order valence-corrected chi connectivity index (χ3v) is 6.69. The molecule has 1 aliphatic heterocycles. The molecule has 35 heavy (non-hydrogen) atoms. The van der Waals surface area contributed by atoms with Crippen LogP contribution < -0.4 is 4.74 Å². The fraction of sp³-hybridized carbons (Fsp3) is 0.296. The van der Waals surface area contributed by atoms with Crippen molar-refractivity contribution >= 4 is 46.0 Å². The van der Waals surface area contributed by atoms with Crippen molar-refractivity contribution in [3.05, 3.63) is 71.5 Å². The van der Waals surface area contributed by atoms with Gasteiger partial charge >= 0.3 is 0 Å². The van der Waals surface area contributed by atoms with Gasteiger partial charge in [0, 0.05) is 41.3 Å². The lowest BCUT2D eigenvalue weighted by Crippen LogP contribution is -2.23. The molecule has 0 unspecified atom stereocenters. The first-order valence-electron chi connectivity index (χ1n) is 11.8. The van der Waals surface area contributed by atoms with E-state index in [0.29, 0.717) is 22.1 Å². The lowest BCUT2D eigenvalue weighted by molar-refractivity contribution is 0.0974. The molecule has 2 aromatic heterocycles. The largest absolute Gasteiger partial charge is 0.460 e. The Kier molecular flexibility index (Phi) is 6.70. The number of likely N-dealkylation sites (tertiary alicyclic amines) is 1. The van der Waals surface area contributed by atoms with Crippen molar-refractivity contribution in [3.63, 3.8) is 0 Å². The maximum absolute atomic E-state index is 13.5. The van der Waals surface area contributed by atoms with Crippen LogP contribution in [0.1, 0.15) is 30.1 Å². The fourth-order valence-corrected chi connectivity index (χ4v) is 4.91. The molecule has 5 rings (SSSR count). The highest BCUT2D eigenvalue weighted by molar-refractivity contribution is 6.31. The summed E-state index contributed by atoms with van der Waals surface area (Å²) in [6, 6.07) is 11.4. The van der Waals surface area contributed by atoms with Crippen LogP contribution >= 0.6 is 11.6 Å². The van der Waals surface area contributed by atoms with Crippen molar-refractivity contribution < 1.29 is 9.53 Å². The van der Waals surface area contributed by atoms with E-state index in [1.165, 1.54) is 12.8 Å². The van der Waals surface area contributed by atoms with Gasteiger partial charge in [0.15, 0.2) is 5.78 Å². The predicted octanol–water partition coefficient (Wildman–Crippen LogP) is 5.56. The molecule has 2 aromatic carbocycles. The molecule has 1 fully saturated rings. The van der Waals surface area contributed by atoms with E-state index in [0.717, 1.165) is 48.1 Å². The third kappa shape index (κ3) is 5.01. The highest BCUT2D eigenvalue weighted by atomic mass is 35.5. The Morgan fingerprint density at radius 2 is 1.97 bits per heavy atom. The standard InChI is InChI=1S/C27H28ClN5O2/c1-19(15-29-2)35-21-6-7-22-23(16-32(26(22)14-21)12-11-31-9-3-4-10-31)27(34)17-33-18-30-24-13-20(28)5-8-25(24)33/h5-8,13-16,18H,2-4,9-12,17H2,1H3/b19-15+. The number of carbonyl (C=O) groups excluding carboxylic acids is 1. The molecule has 7 nitrogen and oxygen atoms in total. The van der Waals surface area contributed by atoms with Gasteiger partial charge < -0.3 is 18.8 Å². The number of aromatic nitrogens is 3. The van der Waals surface area contributed by atoms with Gasteiger partial charge in [-0.05, 0) is 69.9 Å². The molecule has 4 aromatic rings. The molecule has 0 atom stereocenters. The second-order valence-corrected chi connectivity index (χ2v) is 9.35. The minimum absolute atomic E-state index is 0.0322. The summed E-state index contributed by atoms with van der Waals surface area (Å²) >= 11 is 6.09. The summed E-state index contributed by atoms with van der Waals surface area (Å²) in [5.74, 6) is 1.38. The molecular formula is C27H28ClN5O2. The molecule has 0 bridgehead atoms. The molecular weight excluding hydrogens is 462 g/mol. The normalized spacial score (nSPS) is 14.7. The SMILES string of the molecule is C=N/C=C(\C)Oc1ccc2c(C(=O)Cn3cnc4cc(Cl)ccc43)cn(CCN3CCCC3)c2c1. The molecule has 0 radical (unpaired) electrons. The molecule has 0 aliphatic carbocycles. The zero-order valence-corrected chi connectivity index (χ0v) is 20.5. The molecule has 3 heterocycles. The highest BCUT2D eigenvalue weighted by Crippen LogP contribution is 2.28. The van der Waals surface area contributed by atoms with Crippen LogP contribution in [-0.2, 0) is 13.1 Å². The van der Waals surface area contributed by atoms with E-state index in [9.17, 15) is 4.79 Å². The van der Waals surface area contributed by atoms with Crippen LogP contribution in [0.4, 0.5) is 0 Å². The van der Waals surface area contributed by atoms with Crippen molar-refractivity contribution in [1.29, 1.82) is 0 Å². The lowest BCUT2D eigenvalue weighted by atomic mass is 10.1. The number of nitrogens with zero attached hydrogens (tertiary/aromatic N) is 5. The Labute approximate surface area is 209 Å². The van der Waals surface area contributed by atoms with Gasteiger partial charge in [-0.2, -0.15) is 0 Å². The molecule has 8 heteroatoms. The summed E-state index contributed by atoms with van der Waals surface area (Å²) in [4.78, 5) is 24.1. The molecule has 0 saturated carbocycles. The number of benzene rings is 2. The number of Topliss-reactive ketones (excluding diaryl/α,β-unsaturated/α-hetero) is 1. The summed E-state index contributed by atoms with van der Waals surface area (Å²) in [5, 5.41) is 1.54. The summed E-state index contributed by atoms with van der Waals surface area (Å²) in [6.07, 6.45) is 7.76. The summed E-state index contributed by atoms with van der Waals surface area (Å²) in [7, 11) is 0. The van der Waals surface area contributed by atoms with Gasteiger partial charge in [-0.1, -0.05) is 11.6 Å². The molecule has 1 saturated heterocycles. The monoisotopic (exact) mass is 489 g/mol. The number of aliphatic imine (C=N–C) groups is 1. The van der Waals surface area contributed by atoms with E-state index in [2.05, 4.69) is 26.2 Å². The Morgan fingerprint density at radius 3 is 2.77 bits per heavy atom. The van der Waals surface area contributed by atoms with E-state index in [4.69, 9.17) is 16.3 Å². The van der Waals surface area contributed by atoms with Crippen molar-refractivity contribution in [2.24, 2.45) is 4.99 Å². The van der Waals surface area contributed by atoms with E-state index < -0.39 is 0 Å². The molecule has 180 valence electrons. The van der Waals surface area contributed by atoms with Crippen LogP contribution in [0.15, 0.2) is 65.9 Å². The minimum atomic E-state index is 0.0322. The summed E-state index contributed by atoms with van der Waals surface area (Å²) in [5.41, 5.74) is 3.34. The maximum Gasteiger partial charge on any atom is 0.184 e. The number of hydrogen-bond acceptors (Lipinski definition) is 5. The number of ether oxygens (including phenoxy) is 1. The predicted molar refractivity (Wildman–Crippen MR) is 141 cm³/mol. The molecule has 0 N–H and O–H groups in total. The average molecular weight is 490 g/mol. The second kappa shape index (κ2) is 10.1. The van der Waals surface area contributed by atoms with Gasteiger partial charge in [0.05, 0.1) is 35.6 Å².